The Bertz CT molecular complexity index is 290. The van der Waals surface area contributed by atoms with Crippen molar-refractivity contribution in [1.82, 2.24) is 10.2 Å². The molecule has 0 bridgehead atoms. The standard InChI is InChI=1S/C14H26N2O2/c1-11-8-16(9-12(2)18-11)13(17)15-10-14(3)6-4-5-7-14/h11-12H,4-10H2,1-3H3,(H,15,17)/t11-,12+. The summed E-state index contributed by atoms with van der Waals surface area (Å²) in [5.74, 6) is 0. The Morgan fingerprint density at radius 2 is 1.83 bits per heavy atom. The quantitative estimate of drug-likeness (QED) is 0.822. The van der Waals surface area contributed by atoms with Crippen molar-refractivity contribution in [2.24, 2.45) is 5.41 Å². The van der Waals surface area contributed by atoms with Gasteiger partial charge < -0.3 is 15.0 Å². The molecule has 1 saturated carbocycles. The van der Waals surface area contributed by atoms with Gasteiger partial charge in [-0.1, -0.05) is 19.8 Å². The molecule has 2 fully saturated rings. The number of urea groups is 1. The Morgan fingerprint density at radius 1 is 1.28 bits per heavy atom. The van der Waals surface area contributed by atoms with E-state index in [2.05, 4.69) is 12.2 Å². The van der Waals surface area contributed by atoms with Crippen LogP contribution in [0.15, 0.2) is 0 Å². The normalized spacial score (nSPS) is 31.4. The van der Waals surface area contributed by atoms with Crippen LogP contribution in [0.2, 0.25) is 0 Å². The van der Waals surface area contributed by atoms with Crippen molar-refractivity contribution in [2.75, 3.05) is 19.6 Å². The third-order valence-corrected chi connectivity index (χ3v) is 4.18. The second kappa shape index (κ2) is 5.47. The number of hydrogen-bond donors (Lipinski definition) is 1. The van der Waals surface area contributed by atoms with Crippen molar-refractivity contribution in [1.29, 1.82) is 0 Å². The lowest BCUT2D eigenvalue weighted by Gasteiger charge is -2.36. The van der Waals surface area contributed by atoms with Gasteiger partial charge in [0.25, 0.3) is 0 Å². The molecule has 0 aromatic rings. The summed E-state index contributed by atoms with van der Waals surface area (Å²) in [7, 11) is 0. The van der Waals surface area contributed by atoms with E-state index in [1.54, 1.807) is 0 Å². The molecule has 0 aromatic carbocycles. The van der Waals surface area contributed by atoms with Gasteiger partial charge in [0.1, 0.15) is 0 Å². The summed E-state index contributed by atoms with van der Waals surface area (Å²) in [4.78, 5) is 14.0. The maximum Gasteiger partial charge on any atom is 0.317 e. The lowest BCUT2D eigenvalue weighted by Crippen LogP contribution is -2.52. The van der Waals surface area contributed by atoms with Crippen LogP contribution in [0.4, 0.5) is 4.79 Å². The number of morpholine rings is 1. The highest BCUT2D eigenvalue weighted by atomic mass is 16.5. The molecule has 1 N–H and O–H groups in total. The monoisotopic (exact) mass is 254 g/mol. The molecule has 2 amide bonds. The van der Waals surface area contributed by atoms with E-state index in [1.807, 2.05) is 18.7 Å². The maximum absolute atomic E-state index is 12.1. The zero-order chi connectivity index (χ0) is 13.2. The molecular formula is C14H26N2O2. The molecule has 0 aromatic heterocycles. The Morgan fingerprint density at radius 3 is 2.39 bits per heavy atom. The first-order valence-electron chi connectivity index (χ1n) is 7.17. The molecule has 1 heterocycles. The first-order valence-corrected chi connectivity index (χ1v) is 7.17. The van der Waals surface area contributed by atoms with Gasteiger partial charge in [0.2, 0.25) is 0 Å². The van der Waals surface area contributed by atoms with Crippen molar-refractivity contribution in [3.63, 3.8) is 0 Å². The Kier molecular flexibility index (Phi) is 4.15. The molecule has 4 heteroatoms. The van der Waals surface area contributed by atoms with Gasteiger partial charge in [-0.2, -0.15) is 0 Å². The van der Waals surface area contributed by atoms with Crippen LogP contribution in [0.1, 0.15) is 46.5 Å². The van der Waals surface area contributed by atoms with Gasteiger partial charge in [-0.15, -0.1) is 0 Å². The number of carbonyl (C=O) groups excluding carboxylic acids is 1. The summed E-state index contributed by atoms with van der Waals surface area (Å²) in [6, 6.07) is 0.0742. The van der Waals surface area contributed by atoms with E-state index in [9.17, 15) is 4.79 Å². The first-order chi connectivity index (χ1) is 8.48. The molecule has 1 saturated heterocycles. The van der Waals surface area contributed by atoms with Crippen molar-refractivity contribution in [2.45, 2.75) is 58.7 Å². The van der Waals surface area contributed by atoms with Crippen LogP contribution < -0.4 is 5.32 Å². The van der Waals surface area contributed by atoms with Crippen molar-refractivity contribution >= 4 is 6.03 Å². The van der Waals surface area contributed by atoms with Crippen molar-refractivity contribution < 1.29 is 9.53 Å². The zero-order valence-corrected chi connectivity index (χ0v) is 11.9. The van der Waals surface area contributed by atoms with Gasteiger partial charge in [-0.25, -0.2) is 4.79 Å². The average Bonchev–Trinajstić information content (AvgIpc) is 2.72. The fraction of sp³-hybridized carbons (Fsp3) is 0.929. The van der Waals surface area contributed by atoms with Crippen LogP contribution in [-0.4, -0.2) is 42.8 Å². The summed E-state index contributed by atoms with van der Waals surface area (Å²) in [6.45, 7) is 8.54. The zero-order valence-electron chi connectivity index (χ0n) is 11.9. The third-order valence-electron chi connectivity index (χ3n) is 4.18. The minimum atomic E-state index is 0.0742. The van der Waals surface area contributed by atoms with Gasteiger partial charge in [-0.05, 0) is 32.1 Å². The average molecular weight is 254 g/mol. The van der Waals surface area contributed by atoms with Gasteiger partial charge >= 0.3 is 6.03 Å². The molecule has 0 unspecified atom stereocenters. The second-order valence-corrected chi connectivity index (χ2v) is 6.34. The lowest BCUT2D eigenvalue weighted by molar-refractivity contribution is -0.0546. The molecule has 1 aliphatic carbocycles. The largest absolute Gasteiger partial charge is 0.372 e. The van der Waals surface area contributed by atoms with Crippen molar-refractivity contribution in [3.05, 3.63) is 0 Å². The highest BCUT2D eigenvalue weighted by molar-refractivity contribution is 5.74. The van der Waals surface area contributed by atoms with Crippen LogP contribution in [0.25, 0.3) is 0 Å². The van der Waals surface area contributed by atoms with Crippen LogP contribution in [0, 0.1) is 5.41 Å². The Balaban J connectivity index is 1.80. The van der Waals surface area contributed by atoms with E-state index in [4.69, 9.17) is 4.74 Å². The summed E-state index contributed by atoms with van der Waals surface area (Å²) in [5.41, 5.74) is 0.319. The highest BCUT2D eigenvalue weighted by Crippen LogP contribution is 2.36. The van der Waals surface area contributed by atoms with E-state index in [0.717, 1.165) is 6.54 Å². The van der Waals surface area contributed by atoms with E-state index in [0.29, 0.717) is 18.5 Å². The summed E-state index contributed by atoms with van der Waals surface area (Å²) in [5, 5.41) is 3.11. The molecule has 1 aliphatic heterocycles. The molecule has 2 atom stereocenters. The molecule has 4 nitrogen and oxygen atoms in total. The predicted octanol–water partition coefficient (Wildman–Crippen LogP) is 2.39. The number of carbonyl (C=O) groups is 1. The lowest BCUT2D eigenvalue weighted by atomic mass is 9.89. The van der Waals surface area contributed by atoms with Crippen LogP contribution in [-0.2, 0) is 4.74 Å². The molecule has 0 spiro atoms. The fourth-order valence-corrected chi connectivity index (χ4v) is 3.15. The number of rotatable bonds is 2. The second-order valence-electron chi connectivity index (χ2n) is 6.34. The maximum atomic E-state index is 12.1. The number of ether oxygens (including phenoxy) is 1. The fourth-order valence-electron chi connectivity index (χ4n) is 3.15. The molecule has 0 radical (unpaired) electrons. The molecule has 2 rings (SSSR count). The SMILES string of the molecule is C[C@@H]1CN(C(=O)NCC2(C)CCCC2)C[C@H](C)O1. The summed E-state index contributed by atoms with van der Waals surface area (Å²) < 4.78 is 5.64. The van der Waals surface area contributed by atoms with Crippen LogP contribution in [0.3, 0.4) is 0 Å². The number of nitrogens with zero attached hydrogens (tertiary/aromatic N) is 1. The van der Waals surface area contributed by atoms with Crippen LogP contribution >= 0.6 is 0 Å². The minimum Gasteiger partial charge on any atom is -0.372 e. The van der Waals surface area contributed by atoms with E-state index in [1.165, 1.54) is 25.7 Å². The highest BCUT2D eigenvalue weighted by Gasteiger charge is 2.31. The first kappa shape index (κ1) is 13.7. The smallest absolute Gasteiger partial charge is 0.317 e. The summed E-state index contributed by atoms with van der Waals surface area (Å²) in [6.07, 6.45) is 5.37. The van der Waals surface area contributed by atoms with Gasteiger partial charge in [-0.3, -0.25) is 0 Å². The number of amides is 2. The van der Waals surface area contributed by atoms with Gasteiger partial charge in [0.05, 0.1) is 12.2 Å². The molecule has 18 heavy (non-hydrogen) atoms. The van der Waals surface area contributed by atoms with Gasteiger partial charge in [0, 0.05) is 19.6 Å². The van der Waals surface area contributed by atoms with Gasteiger partial charge in [0.15, 0.2) is 0 Å². The number of hydrogen-bond acceptors (Lipinski definition) is 2. The predicted molar refractivity (Wildman–Crippen MR) is 71.6 cm³/mol. The third kappa shape index (κ3) is 3.37. The van der Waals surface area contributed by atoms with E-state index >= 15 is 0 Å². The number of nitrogens with one attached hydrogen (secondary N) is 1. The Labute approximate surface area is 110 Å². The molecule has 104 valence electrons. The van der Waals surface area contributed by atoms with E-state index < -0.39 is 0 Å². The summed E-state index contributed by atoms with van der Waals surface area (Å²) >= 11 is 0. The molecule has 2 aliphatic rings. The van der Waals surface area contributed by atoms with E-state index in [-0.39, 0.29) is 18.2 Å². The Hall–Kier alpha value is -0.770. The minimum absolute atomic E-state index is 0.0742. The molecular weight excluding hydrogens is 228 g/mol. The van der Waals surface area contributed by atoms with Crippen molar-refractivity contribution in [3.8, 4) is 0 Å². The van der Waals surface area contributed by atoms with Crippen LogP contribution in [0.5, 0.6) is 0 Å². The topological polar surface area (TPSA) is 41.6 Å².